The summed E-state index contributed by atoms with van der Waals surface area (Å²) in [5, 5.41) is 0. The third-order valence-electron chi connectivity index (χ3n) is 5.14. The Balaban J connectivity index is 1.56. The van der Waals surface area contributed by atoms with Gasteiger partial charge in [-0.1, -0.05) is 12.1 Å². The first kappa shape index (κ1) is 22.7. The molecule has 0 aromatic heterocycles. The highest BCUT2D eigenvalue weighted by Crippen LogP contribution is 2.38. The van der Waals surface area contributed by atoms with E-state index in [1.807, 2.05) is 0 Å². The van der Waals surface area contributed by atoms with E-state index < -0.39 is 5.97 Å². The first-order valence-corrected chi connectivity index (χ1v) is 10.2. The molecule has 0 atom stereocenters. The number of allylic oxidation sites excluding steroid dienone is 1. The molecule has 8 nitrogen and oxygen atoms in total. The van der Waals surface area contributed by atoms with Crippen molar-refractivity contribution in [2.75, 3.05) is 28.4 Å². The third-order valence-corrected chi connectivity index (χ3v) is 5.14. The molecule has 0 spiro atoms. The van der Waals surface area contributed by atoms with Crippen LogP contribution in [0.15, 0.2) is 60.4 Å². The molecule has 0 amide bonds. The number of ketones is 1. The van der Waals surface area contributed by atoms with Crippen LogP contribution in [0.3, 0.4) is 0 Å². The van der Waals surface area contributed by atoms with Crippen molar-refractivity contribution in [3.63, 3.8) is 0 Å². The molecule has 3 aromatic carbocycles. The molecular formula is C26H22O8. The van der Waals surface area contributed by atoms with Crippen LogP contribution in [-0.2, 0) is 0 Å². The van der Waals surface area contributed by atoms with E-state index in [9.17, 15) is 9.59 Å². The average molecular weight is 462 g/mol. The number of carbonyl (C=O) groups excluding carboxylic acids is 2. The highest BCUT2D eigenvalue weighted by molar-refractivity contribution is 6.14. The summed E-state index contributed by atoms with van der Waals surface area (Å²) in [4.78, 5) is 25.5. The summed E-state index contributed by atoms with van der Waals surface area (Å²) in [5.74, 6) is 1.66. The lowest BCUT2D eigenvalue weighted by atomic mass is 10.1. The minimum atomic E-state index is -0.614. The molecule has 8 heteroatoms. The zero-order valence-electron chi connectivity index (χ0n) is 19.0. The Morgan fingerprint density at radius 1 is 0.824 bits per heavy atom. The van der Waals surface area contributed by atoms with Crippen molar-refractivity contribution in [2.24, 2.45) is 0 Å². The van der Waals surface area contributed by atoms with Gasteiger partial charge >= 0.3 is 5.97 Å². The molecule has 4 rings (SSSR count). The fraction of sp³-hybridized carbons (Fsp3) is 0.154. The number of rotatable bonds is 7. The number of ether oxygens (including phenoxy) is 6. The van der Waals surface area contributed by atoms with Crippen LogP contribution in [0.5, 0.6) is 34.5 Å². The van der Waals surface area contributed by atoms with Gasteiger partial charge < -0.3 is 28.4 Å². The fourth-order valence-electron chi connectivity index (χ4n) is 3.48. The van der Waals surface area contributed by atoms with Crippen LogP contribution in [0.1, 0.15) is 26.3 Å². The first-order valence-electron chi connectivity index (χ1n) is 10.2. The van der Waals surface area contributed by atoms with Crippen LogP contribution in [0.25, 0.3) is 6.08 Å². The molecule has 0 N–H and O–H groups in total. The molecule has 0 unspecified atom stereocenters. The molecule has 0 saturated heterocycles. The summed E-state index contributed by atoms with van der Waals surface area (Å²) >= 11 is 0. The lowest BCUT2D eigenvalue weighted by molar-refractivity contribution is 0.0733. The summed E-state index contributed by atoms with van der Waals surface area (Å²) in [7, 11) is 5.95. The molecule has 0 saturated carbocycles. The lowest BCUT2D eigenvalue weighted by Crippen LogP contribution is -2.09. The summed E-state index contributed by atoms with van der Waals surface area (Å²) in [6, 6.07) is 14.8. The van der Waals surface area contributed by atoms with Crippen LogP contribution in [0.4, 0.5) is 0 Å². The van der Waals surface area contributed by atoms with Crippen LogP contribution >= 0.6 is 0 Å². The molecule has 1 aliphatic heterocycles. The molecule has 0 aliphatic carbocycles. The van der Waals surface area contributed by atoms with E-state index in [-0.39, 0.29) is 22.9 Å². The molecule has 3 aromatic rings. The van der Waals surface area contributed by atoms with Crippen LogP contribution in [0, 0.1) is 0 Å². The Kier molecular flexibility index (Phi) is 6.40. The Morgan fingerprint density at radius 3 is 2.21 bits per heavy atom. The van der Waals surface area contributed by atoms with E-state index in [1.54, 1.807) is 55.7 Å². The van der Waals surface area contributed by atoms with Gasteiger partial charge in [0.05, 0.1) is 39.6 Å². The molecule has 0 radical (unpaired) electrons. The van der Waals surface area contributed by atoms with E-state index in [1.165, 1.54) is 33.5 Å². The van der Waals surface area contributed by atoms with Gasteiger partial charge in [0.1, 0.15) is 17.2 Å². The summed E-state index contributed by atoms with van der Waals surface area (Å²) in [6.07, 6.45) is 1.59. The maximum atomic E-state index is 12.8. The van der Waals surface area contributed by atoms with Crippen molar-refractivity contribution in [2.45, 2.75) is 0 Å². The Hall–Kier alpha value is -4.46. The van der Waals surface area contributed by atoms with E-state index in [0.717, 1.165) is 0 Å². The number of hydrogen-bond acceptors (Lipinski definition) is 8. The number of Topliss-reactive ketones (excluding diaryl/α,β-unsaturated/α-hetero) is 1. The van der Waals surface area contributed by atoms with Gasteiger partial charge in [-0.15, -0.1) is 0 Å². The zero-order chi connectivity index (χ0) is 24.2. The van der Waals surface area contributed by atoms with Gasteiger partial charge in [-0.2, -0.15) is 0 Å². The Labute approximate surface area is 196 Å². The predicted molar refractivity (Wildman–Crippen MR) is 123 cm³/mol. The van der Waals surface area contributed by atoms with E-state index in [0.29, 0.717) is 39.9 Å². The first-order chi connectivity index (χ1) is 16.5. The molecule has 174 valence electrons. The number of hydrogen-bond donors (Lipinski definition) is 0. The van der Waals surface area contributed by atoms with E-state index >= 15 is 0 Å². The van der Waals surface area contributed by atoms with Gasteiger partial charge in [-0.05, 0) is 48.0 Å². The van der Waals surface area contributed by atoms with Crippen molar-refractivity contribution in [1.29, 1.82) is 0 Å². The smallest absolute Gasteiger partial charge is 0.343 e. The van der Waals surface area contributed by atoms with Gasteiger partial charge in [0.25, 0.3) is 0 Å². The van der Waals surface area contributed by atoms with Crippen molar-refractivity contribution < 1.29 is 38.0 Å². The normalized spacial score (nSPS) is 13.2. The van der Waals surface area contributed by atoms with Crippen molar-refractivity contribution >= 4 is 17.8 Å². The Morgan fingerprint density at radius 2 is 1.56 bits per heavy atom. The van der Waals surface area contributed by atoms with Crippen LogP contribution in [0.2, 0.25) is 0 Å². The number of fused-ring (bicyclic) bond motifs is 1. The quantitative estimate of drug-likeness (QED) is 0.287. The van der Waals surface area contributed by atoms with Gasteiger partial charge in [-0.25, -0.2) is 4.79 Å². The predicted octanol–water partition coefficient (Wildman–Crippen LogP) is 4.56. The average Bonchev–Trinajstić information content (AvgIpc) is 3.17. The Bertz CT molecular complexity index is 1270. The maximum absolute atomic E-state index is 12.8. The lowest BCUT2D eigenvalue weighted by Gasteiger charge is -2.13. The number of carbonyl (C=O) groups is 2. The van der Waals surface area contributed by atoms with Gasteiger partial charge in [0.2, 0.25) is 11.5 Å². The van der Waals surface area contributed by atoms with Gasteiger partial charge in [0.15, 0.2) is 17.3 Å². The van der Waals surface area contributed by atoms with Crippen molar-refractivity contribution in [3.8, 4) is 34.5 Å². The fourth-order valence-corrected chi connectivity index (χ4v) is 3.48. The topological polar surface area (TPSA) is 89.5 Å². The monoisotopic (exact) mass is 462 g/mol. The molecule has 1 aliphatic rings. The minimum absolute atomic E-state index is 0.163. The number of benzene rings is 3. The molecule has 0 bridgehead atoms. The van der Waals surface area contributed by atoms with E-state index in [2.05, 4.69) is 0 Å². The summed E-state index contributed by atoms with van der Waals surface area (Å²) in [6.45, 7) is 0. The van der Waals surface area contributed by atoms with Crippen molar-refractivity contribution in [3.05, 3.63) is 77.0 Å². The van der Waals surface area contributed by atoms with E-state index in [4.69, 9.17) is 28.4 Å². The zero-order valence-corrected chi connectivity index (χ0v) is 19.0. The van der Waals surface area contributed by atoms with Crippen LogP contribution in [-0.4, -0.2) is 40.2 Å². The second kappa shape index (κ2) is 9.58. The maximum Gasteiger partial charge on any atom is 0.343 e. The standard InChI is InChI=1S/C26H22O8/c1-29-17-8-9-19-20(14-17)34-21(24(19)27)11-15-6-5-7-18(10-15)33-26(28)16-12-22(30-2)25(32-4)23(13-16)31-3/h5-14H,1-4H3/b21-11-. The van der Waals surface area contributed by atoms with Gasteiger partial charge in [0, 0.05) is 6.07 Å². The van der Waals surface area contributed by atoms with Crippen molar-refractivity contribution in [1.82, 2.24) is 0 Å². The summed E-state index contributed by atoms with van der Waals surface area (Å²) < 4.78 is 32.3. The highest BCUT2D eigenvalue weighted by atomic mass is 16.5. The molecule has 34 heavy (non-hydrogen) atoms. The molecule has 0 fully saturated rings. The highest BCUT2D eigenvalue weighted by Gasteiger charge is 2.27. The summed E-state index contributed by atoms with van der Waals surface area (Å²) in [5.41, 5.74) is 1.30. The SMILES string of the molecule is COc1ccc2c(c1)O/C(=C\c1cccc(OC(=O)c3cc(OC)c(OC)c(OC)c3)c1)C2=O. The molecule has 1 heterocycles. The number of methoxy groups -OCH3 is 4. The van der Waals surface area contributed by atoms with Gasteiger partial charge in [-0.3, -0.25) is 4.79 Å². The minimum Gasteiger partial charge on any atom is -0.497 e. The second-order valence-corrected chi connectivity index (χ2v) is 7.18. The largest absolute Gasteiger partial charge is 0.497 e. The molecular weight excluding hydrogens is 440 g/mol. The third kappa shape index (κ3) is 4.38. The van der Waals surface area contributed by atoms with Crippen LogP contribution < -0.4 is 28.4 Å². The number of esters is 1. The second-order valence-electron chi connectivity index (χ2n) is 7.18.